The molecule has 3 atom stereocenters. The van der Waals surface area contributed by atoms with Crippen LogP contribution in [0, 0.1) is 5.82 Å². The third-order valence-corrected chi connectivity index (χ3v) is 7.35. The fraction of sp³-hybridized carbons (Fsp3) is 0.385. The van der Waals surface area contributed by atoms with E-state index in [0.29, 0.717) is 0 Å². The Bertz CT molecular complexity index is 1180. The van der Waals surface area contributed by atoms with Gasteiger partial charge < -0.3 is 5.32 Å². The monoisotopic (exact) mass is 430 g/mol. The van der Waals surface area contributed by atoms with Gasteiger partial charge in [-0.3, -0.25) is 9.69 Å². The molecule has 2 aromatic carbocycles. The minimum absolute atomic E-state index is 0.000345. The zero-order chi connectivity index (χ0) is 21.7. The second kappa shape index (κ2) is 7.94. The minimum Gasteiger partial charge on any atom is -0.302 e. The molecule has 6 rings (SSSR count). The van der Waals surface area contributed by atoms with Gasteiger partial charge in [-0.25, -0.2) is 9.49 Å². The summed E-state index contributed by atoms with van der Waals surface area (Å²) in [5.74, 6) is -0.351. The number of rotatable bonds is 4. The molecule has 3 unspecified atom stereocenters. The highest BCUT2D eigenvalue weighted by Crippen LogP contribution is 2.47. The summed E-state index contributed by atoms with van der Waals surface area (Å²) in [6.45, 7) is 3.36. The Balaban J connectivity index is 1.43. The first kappa shape index (κ1) is 19.8. The van der Waals surface area contributed by atoms with Gasteiger partial charge in [0.1, 0.15) is 5.82 Å². The van der Waals surface area contributed by atoms with Crippen LogP contribution in [0.3, 0.4) is 0 Å². The Labute approximate surface area is 186 Å². The van der Waals surface area contributed by atoms with Crippen molar-refractivity contribution in [3.63, 3.8) is 0 Å². The summed E-state index contributed by atoms with van der Waals surface area (Å²) in [4.78, 5) is 15.0. The lowest BCUT2D eigenvalue weighted by Gasteiger charge is -2.41. The fourth-order valence-corrected chi connectivity index (χ4v) is 5.59. The largest absolute Gasteiger partial charge is 0.302 e. The van der Waals surface area contributed by atoms with Crippen LogP contribution in [0.2, 0.25) is 0 Å². The van der Waals surface area contributed by atoms with Crippen molar-refractivity contribution in [1.82, 2.24) is 20.4 Å². The average molecular weight is 431 g/mol. The Morgan fingerprint density at radius 1 is 1.00 bits per heavy atom. The van der Waals surface area contributed by atoms with Crippen LogP contribution in [0.5, 0.6) is 0 Å². The Morgan fingerprint density at radius 2 is 1.75 bits per heavy atom. The molecule has 1 aliphatic carbocycles. The highest BCUT2D eigenvalue weighted by atomic mass is 19.1. The number of halogens is 1. The number of hydrogen-bond donors (Lipinski definition) is 2. The Kier molecular flexibility index (Phi) is 4.92. The molecule has 1 fully saturated rings. The molecule has 5 nitrogen and oxygen atoms in total. The van der Waals surface area contributed by atoms with Crippen LogP contribution in [0.1, 0.15) is 70.8 Å². The summed E-state index contributed by atoms with van der Waals surface area (Å²) in [5, 5.41) is 11.2. The van der Waals surface area contributed by atoms with Gasteiger partial charge in [-0.05, 0) is 67.6 Å². The Hall–Kier alpha value is -2.83. The third kappa shape index (κ3) is 3.38. The molecule has 164 valence electrons. The van der Waals surface area contributed by atoms with Crippen molar-refractivity contribution < 1.29 is 4.39 Å². The van der Waals surface area contributed by atoms with Gasteiger partial charge >= 0.3 is 0 Å². The van der Waals surface area contributed by atoms with Gasteiger partial charge in [-0.1, -0.05) is 36.4 Å². The summed E-state index contributed by atoms with van der Waals surface area (Å²) in [7, 11) is 0. The van der Waals surface area contributed by atoms with Crippen molar-refractivity contribution >= 4 is 0 Å². The lowest BCUT2D eigenvalue weighted by Crippen LogP contribution is -2.42. The minimum atomic E-state index is -0.251. The smallest absolute Gasteiger partial charge is 0.267 e. The number of likely N-dealkylation sites (tertiary alicyclic amines) is 1. The molecular weight excluding hydrogens is 403 g/mol. The second-order valence-electron chi connectivity index (χ2n) is 9.32. The number of aromatic amines is 1. The molecule has 2 N–H and O–H groups in total. The van der Waals surface area contributed by atoms with E-state index < -0.39 is 0 Å². The first-order chi connectivity index (χ1) is 15.7. The van der Waals surface area contributed by atoms with Crippen molar-refractivity contribution in [1.29, 1.82) is 0 Å². The molecule has 0 saturated carbocycles. The van der Waals surface area contributed by atoms with E-state index in [0.717, 1.165) is 48.2 Å². The van der Waals surface area contributed by atoms with Crippen LogP contribution in [-0.4, -0.2) is 28.2 Å². The molecule has 3 aromatic rings. The third-order valence-electron chi connectivity index (χ3n) is 7.35. The van der Waals surface area contributed by atoms with E-state index in [1.54, 1.807) is 0 Å². The number of nitrogens with zero attached hydrogens (tertiary/aromatic N) is 2. The van der Waals surface area contributed by atoms with Crippen molar-refractivity contribution in [2.45, 2.75) is 50.2 Å². The van der Waals surface area contributed by atoms with Gasteiger partial charge in [0.2, 0.25) is 0 Å². The summed E-state index contributed by atoms with van der Waals surface area (Å²) >= 11 is 0. The van der Waals surface area contributed by atoms with Gasteiger partial charge in [0.25, 0.3) is 5.56 Å². The molecule has 0 bridgehead atoms. The fourth-order valence-electron chi connectivity index (χ4n) is 5.59. The molecule has 0 amide bonds. The van der Waals surface area contributed by atoms with Crippen LogP contribution in [0.4, 0.5) is 4.39 Å². The van der Waals surface area contributed by atoms with Crippen LogP contribution >= 0.6 is 0 Å². The molecule has 1 saturated heterocycles. The van der Waals surface area contributed by atoms with E-state index >= 15 is 0 Å². The number of H-pyrrole nitrogens is 1. The normalized spacial score (nSPS) is 24.6. The van der Waals surface area contributed by atoms with Crippen LogP contribution in [-0.2, 0) is 13.0 Å². The highest BCUT2D eigenvalue weighted by molar-refractivity contribution is 5.46. The van der Waals surface area contributed by atoms with E-state index in [9.17, 15) is 9.18 Å². The maximum absolute atomic E-state index is 13.7. The van der Waals surface area contributed by atoms with Gasteiger partial charge in [-0.2, -0.15) is 5.10 Å². The maximum Gasteiger partial charge on any atom is 0.267 e. The molecule has 0 spiro atoms. The van der Waals surface area contributed by atoms with Crippen LogP contribution < -0.4 is 10.9 Å². The first-order valence-electron chi connectivity index (χ1n) is 11.6. The first-order valence-corrected chi connectivity index (χ1v) is 11.6. The van der Waals surface area contributed by atoms with E-state index in [-0.39, 0.29) is 29.4 Å². The highest BCUT2D eigenvalue weighted by Gasteiger charge is 2.40. The molecular formula is C26H27FN4O. The quantitative estimate of drug-likeness (QED) is 0.658. The zero-order valence-electron chi connectivity index (χ0n) is 18.0. The number of hydrogen-bond acceptors (Lipinski definition) is 4. The predicted octanol–water partition coefficient (Wildman–Crippen LogP) is 3.97. The van der Waals surface area contributed by atoms with E-state index in [1.165, 1.54) is 42.8 Å². The summed E-state index contributed by atoms with van der Waals surface area (Å²) in [5.41, 5.74) is 6.27. The molecule has 6 heteroatoms. The van der Waals surface area contributed by atoms with E-state index in [1.807, 2.05) is 12.1 Å². The van der Waals surface area contributed by atoms with Crippen LogP contribution in [0.25, 0.3) is 0 Å². The molecule has 2 aliphatic heterocycles. The predicted molar refractivity (Wildman–Crippen MR) is 121 cm³/mol. The number of benzene rings is 2. The van der Waals surface area contributed by atoms with Crippen molar-refractivity contribution in [3.8, 4) is 0 Å². The van der Waals surface area contributed by atoms with E-state index in [2.05, 4.69) is 44.7 Å². The SMILES string of the molecule is O=c1[nH]nc2c3c1CCCC3NC(c1ccc(CN3CCC3)cc1)C2c1ccc(F)cc1. The number of nitrogens with one attached hydrogen (secondary N) is 2. The van der Waals surface area contributed by atoms with Gasteiger partial charge in [0, 0.05) is 35.7 Å². The van der Waals surface area contributed by atoms with Crippen molar-refractivity contribution in [2.75, 3.05) is 13.1 Å². The summed E-state index contributed by atoms with van der Waals surface area (Å²) in [6.07, 6.45) is 4.05. The Morgan fingerprint density at radius 3 is 2.47 bits per heavy atom. The van der Waals surface area contributed by atoms with Gasteiger partial charge in [0.05, 0.1) is 5.69 Å². The number of aromatic nitrogens is 2. The summed E-state index contributed by atoms with van der Waals surface area (Å²) in [6, 6.07) is 15.7. The zero-order valence-corrected chi connectivity index (χ0v) is 18.0. The molecule has 32 heavy (non-hydrogen) atoms. The van der Waals surface area contributed by atoms with E-state index in [4.69, 9.17) is 0 Å². The van der Waals surface area contributed by atoms with Gasteiger partial charge in [-0.15, -0.1) is 0 Å². The lowest BCUT2D eigenvalue weighted by atomic mass is 9.74. The molecule has 1 aromatic heterocycles. The molecule has 0 radical (unpaired) electrons. The van der Waals surface area contributed by atoms with Crippen LogP contribution in [0.15, 0.2) is 53.3 Å². The van der Waals surface area contributed by atoms with Crippen molar-refractivity contribution in [2.24, 2.45) is 0 Å². The second-order valence-corrected chi connectivity index (χ2v) is 9.32. The van der Waals surface area contributed by atoms with Crippen molar-refractivity contribution in [3.05, 3.63) is 98.2 Å². The lowest BCUT2D eigenvalue weighted by molar-refractivity contribution is 0.172. The van der Waals surface area contributed by atoms with Gasteiger partial charge in [0.15, 0.2) is 0 Å². The molecule has 3 heterocycles. The standard InChI is InChI=1S/C26H27FN4O/c27-19-11-9-17(10-12-19)22-24(18-7-5-16(6-8-18)15-31-13-2-14-31)28-21-4-1-3-20-23(21)25(22)29-30-26(20)32/h5-12,21-22,24,28H,1-4,13-15H2,(H,30,32). The average Bonchev–Trinajstić information content (AvgIpc) is 2.79. The maximum atomic E-state index is 13.7. The molecule has 3 aliphatic rings. The summed E-state index contributed by atoms with van der Waals surface area (Å²) < 4.78 is 13.7. The topological polar surface area (TPSA) is 61.0 Å².